The molecular formula is C21H28N6O. The van der Waals surface area contributed by atoms with Crippen LogP contribution in [0, 0.1) is 0 Å². The van der Waals surface area contributed by atoms with Gasteiger partial charge in [-0.25, -0.2) is 0 Å². The third kappa shape index (κ3) is 3.32. The zero-order valence-corrected chi connectivity index (χ0v) is 16.3. The highest BCUT2D eigenvalue weighted by molar-refractivity contribution is 5.94. The molecule has 0 aromatic carbocycles. The van der Waals surface area contributed by atoms with Gasteiger partial charge in [-0.15, -0.1) is 10.2 Å². The minimum absolute atomic E-state index is 0.0953. The van der Waals surface area contributed by atoms with Crippen LogP contribution in [0.15, 0.2) is 24.5 Å². The van der Waals surface area contributed by atoms with Gasteiger partial charge in [0.2, 0.25) is 0 Å². The Balaban J connectivity index is 1.30. The monoisotopic (exact) mass is 380 g/mol. The van der Waals surface area contributed by atoms with Gasteiger partial charge in [0, 0.05) is 56.1 Å². The van der Waals surface area contributed by atoms with E-state index >= 15 is 0 Å². The van der Waals surface area contributed by atoms with Crippen molar-refractivity contribution in [1.82, 2.24) is 29.5 Å². The van der Waals surface area contributed by atoms with Gasteiger partial charge in [-0.1, -0.05) is 12.8 Å². The average Bonchev–Trinajstić information content (AvgIpc) is 3.43. The van der Waals surface area contributed by atoms with Crippen LogP contribution in [-0.4, -0.2) is 61.1 Å². The Hall–Kier alpha value is -2.28. The van der Waals surface area contributed by atoms with Gasteiger partial charge in [0.05, 0.1) is 6.54 Å². The highest BCUT2D eigenvalue weighted by atomic mass is 16.2. The molecule has 0 bridgehead atoms. The van der Waals surface area contributed by atoms with E-state index in [-0.39, 0.29) is 11.8 Å². The first-order valence-electron chi connectivity index (χ1n) is 10.6. The predicted octanol–water partition coefficient (Wildman–Crippen LogP) is 2.45. The van der Waals surface area contributed by atoms with Crippen LogP contribution in [0.25, 0.3) is 0 Å². The van der Waals surface area contributed by atoms with E-state index in [4.69, 9.17) is 0 Å². The fourth-order valence-electron chi connectivity index (χ4n) is 5.13. The SMILES string of the molecule is O=C(c1ccncc1)N1CCCC(c2nnc3n2CCN(C2CCCC2)C3)C1. The third-order valence-corrected chi connectivity index (χ3v) is 6.65. The molecule has 4 heterocycles. The highest BCUT2D eigenvalue weighted by Crippen LogP contribution is 2.30. The molecule has 0 spiro atoms. The average molecular weight is 380 g/mol. The van der Waals surface area contributed by atoms with Crippen LogP contribution in [0.4, 0.5) is 0 Å². The van der Waals surface area contributed by atoms with Crippen molar-refractivity contribution >= 4 is 5.91 Å². The summed E-state index contributed by atoms with van der Waals surface area (Å²) in [5.41, 5.74) is 0.714. The summed E-state index contributed by atoms with van der Waals surface area (Å²) >= 11 is 0. The Morgan fingerprint density at radius 3 is 2.61 bits per heavy atom. The minimum atomic E-state index is 0.0953. The summed E-state index contributed by atoms with van der Waals surface area (Å²) in [6.07, 6.45) is 10.8. The van der Waals surface area contributed by atoms with E-state index in [2.05, 4.69) is 24.6 Å². The number of pyridine rings is 1. The lowest BCUT2D eigenvalue weighted by molar-refractivity contribution is 0.0701. The number of carbonyl (C=O) groups is 1. The number of likely N-dealkylation sites (tertiary alicyclic amines) is 1. The largest absolute Gasteiger partial charge is 0.338 e. The quantitative estimate of drug-likeness (QED) is 0.818. The Labute approximate surface area is 165 Å². The molecule has 1 atom stereocenters. The van der Waals surface area contributed by atoms with Crippen molar-refractivity contribution in [2.24, 2.45) is 0 Å². The van der Waals surface area contributed by atoms with E-state index in [1.54, 1.807) is 24.5 Å². The van der Waals surface area contributed by atoms with Gasteiger partial charge in [0.15, 0.2) is 0 Å². The number of hydrogen-bond donors (Lipinski definition) is 0. The molecule has 2 fully saturated rings. The smallest absolute Gasteiger partial charge is 0.253 e. The zero-order valence-electron chi connectivity index (χ0n) is 16.3. The Bertz CT molecular complexity index is 829. The second-order valence-electron chi connectivity index (χ2n) is 8.36. The molecule has 0 radical (unpaired) electrons. The second kappa shape index (κ2) is 7.62. The summed E-state index contributed by atoms with van der Waals surface area (Å²) in [4.78, 5) is 21.4. The van der Waals surface area contributed by atoms with Crippen LogP contribution in [0.2, 0.25) is 0 Å². The standard InChI is InChI=1S/C21H28N6O/c28-21(16-7-9-22-10-8-16)26-11-3-4-17(14-26)20-24-23-19-15-25(12-13-27(19)20)18-5-1-2-6-18/h7-10,17-18H,1-6,11-15H2. The first-order chi connectivity index (χ1) is 13.8. The summed E-state index contributed by atoms with van der Waals surface area (Å²) in [6, 6.07) is 4.32. The molecule has 5 rings (SSSR count). The third-order valence-electron chi connectivity index (χ3n) is 6.65. The van der Waals surface area contributed by atoms with Crippen molar-refractivity contribution in [3.63, 3.8) is 0 Å². The molecule has 0 N–H and O–H groups in total. The van der Waals surface area contributed by atoms with Crippen molar-refractivity contribution in [2.45, 2.75) is 63.6 Å². The number of carbonyl (C=O) groups excluding carboxylic acids is 1. The number of rotatable bonds is 3. The van der Waals surface area contributed by atoms with Crippen LogP contribution in [-0.2, 0) is 13.1 Å². The van der Waals surface area contributed by atoms with Gasteiger partial charge in [-0.2, -0.15) is 0 Å². The molecule has 7 heteroatoms. The Kier molecular flexibility index (Phi) is 4.84. The first-order valence-corrected chi connectivity index (χ1v) is 10.6. The number of fused-ring (bicyclic) bond motifs is 1. The van der Waals surface area contributed by atoms with Gasteiger partial charge >= 0.3 is 0 Å². The predicted molar refractivity (Wildman–Crippen MR) is 105 cm³/mol. The molecule has 1 amide bonds. The lowest BCUT2D eigenvalue weighted by atomic mass is 9.96. The van der Waals surface area contributed by atoms with E-state index in [0.29, 0.717) is 5.56 Å². The Morgan fingerprint density at radius 1 is 0.964 bits per heavy atom. The number of amides is 1. The van der Waals surface area contributed by atoms with E-state index in [1.165, 1.54) is 25.7 Å². The number of piperidine rings is 1. The molecule has 3 aliphatic rings. The molecule has 1 saturated heterocycles. The van der Waals surface area contributed by atoms with Crippen LogP contribution in [0.3, 0.4) is 0 Å². The molecule has 2 aromatic heterocycles. The lowest BCUT2D eigenvalue weighted by Gasteiger charge is -2.35. The number of aromatic nitrogens is 4. The van der Waals surface area contributed by atoms with Gasteiger partial charge in [-0.3, -0.25) is 14.7 Å². The zero-order chi connectivity index (χ0) is 18.9. The van der Waals surface area contributed by atoms with E-state index in [9.17, 15) is 4.79 Å². The fraction of sp³-hybridized carbons (Fsp3) is 0.619. The minimum Gasteiger partial charge on any atom is -0.338 e. The van der Waals surface area contributed by atoms with Crippen LogP contribution < -0.4 is 0 Å². The summed E-state index contributed by atoms with van der Waals surface area (Å²) < 4.78 is 2.33. The maximum atomic E-state index is 12.8. The van der Waals surface area contributed by atoms with E-state index in [1.807, 2.05) is 4.90 Å². The molecule has 1 unspecified atom stereocenters. The van der Waals surface area contributed by atoms with Crippen LogP contribution >= 0.6 is 0 Å². The molecule has 28 heavy (non-hydrogen) atoms. The molecular weight excluding hydrogens is 352 g/mol. The molecule has 1 aliphatic carbocycles. The summed E-state index contributed by atoms with van der Waals surface area (Å²) in [6.45, 7) is 4.53. The lowest BCUT2D eigenvalue weighted by Crippen LogP contribution is -2.42. The van der Waals surface area contributed by atoms with Gasteiger partial charge in [0.1, 0.15) is 11.6 Å². The maximum absolute atomic E-state index is 12.8. The molecule has 2 aromatic rings. The fourth-order valence-corrected chi connectivity index (χ4v) is 5.13. The van der Waals surface area contributed by atoms with Gasteiger partial charge < -0.3 is 9.47 Å². The van der Waals surface area contributed by atoms with Crippen molar-refractivity contribution in [3.8, 4) is 0 Å². The number of hydrogen-bond acceptors (Lipinski definition) is 5. The Morgan fingerprint density at radius 2 is 1.79 bits per heavy atom. The second-order valence-corrected chi connectivity index (χ2v) is 8.36. The molecule has 7 nitrogen and oxygen atoms in total. The summed E-state index contributed by atoms with van der Waals surface area (Å²) in [5, 5.41) is 9.13. The first kappa shape index (κ1) is 17.8. The summed E-state index contributed by atoms with van der Waals surface area (Å²) in [7, 11) is 0. The van der Waals surface area contributed by atoms with E-state index < -0.39 is 0 Å². The van der Waals surface area contributed by atoms with Crippen LogP contribution in [0.5, 0.6) is 0 Å². The van der Waals surface area contributed by atoms with Crippen molar-refractivity contribution in [1.29, 1.82) is 0 Å². The maximum Gasteiger partial charge on any atom is 0.253 e. The summed E-state index contributed by atoms with van der Waals surface area (Å²) in [5.74, 6) is 2.55. The molecule has 148 valence electrons. The topological polar surface area (TPSA) is 67.2 Å². The normalized spacial score (nSPS) is 23.7. The van der Waals surface area contributed by atoms with Crippen molar-refractivity contribution in [3.05, 3.63) is 41.7 Å². The van der Waals surface area contributed by atoms with Crippen LogP contribution in [0.1, 0.15) is 66.4 Å². The van der Waals surface area contributed by atoms with E-state index in [0.717, 1.165) is 63.3 Å². The van der Waals surface area contributed by atoms with Crippen molar-refractivity contribution in [2.75, 3.05) is 19.6 Å². The van der Waals surface area contributed by atoms with Crippen molar-refractivity contribution < 1.29 is 4.79 Å². The molecule has 1 saturated carbocycles. The number of nitrogens with zero attached hydrogens (tertiary/aromatic N) is 6. The molecule has 2 aliphatic heterocycles. The highest BCUT2D eigenvalue weighted by Gasteiger charge is 2.33. The van der Waals surface area contributed by atoms with Gasteiger partial charge in [0.25, 0.3) is 5.91 Å². The van der Waals surface area contributed by atoms with Gasteiger partial charge in [-0.05, 0) is 37.8 Å².